The average Bonchev–Trinajstić information content (AvgIpc) is 2.54. The third-order valence-corrected chi connectivity index (χ3v) is 3.53. The fraction of sp³-hybridized carbons (Fsp3) is 0.278. The Hall–Kier alpha value is -2.49. The Morgan fingerprint density at radius 1 is 1.23 bits per heavy atom. The van der Waals surface area contributed by atoms with Gasteiger partial charge in [0.25, 0.3) is 5.91 Å². The lowest BCUT2D eigenvalue weighted by atomic mass is 10.1. The average molecular weight is 299 g/mol. The first-order chi connectivity index (χ1) is 10.6. The van der Waals surface area contributed by atoms with Crippen LogP contribution in [0.25, 0.3) is 0 Å². The number of hydrogen-bond acceptors (Lipinski definition) is 3. The van der Waals surface area contributed by atoms with Gasteiger partial charge in [-0.15, -0.1) is 0 Å². The van der Waals surface area contributed by atoms with E-state index in [1.807, 2.05) is 25.1 Å². The van der Waals surface area contributed by atoms with Gasteiger partial charge in [0.1, 0.15) is 11.5 Å². The molecular weight excluding hydrogens is 278 g/mol. The number of amides is 1. The van der Waals surface area contributed by atoms with E-state index in [1.54, 1.807) is 6.07 Å². The van der Waals surface area contributed by atoms with Crippen LogP contribution in [0.5, 0.6) is 11.5 Å². The normalized spacial score (nSPS) is 11.7. The van der Waals surface area contributed by atoms with E-state index in [0.29, 0.717) is 5.75 Å². The van der Waals surface area contributed by atoms with Gasteiger partial charge >= 0.3 is 0 Å². The first kappa shape index (κ1) is 15.9. The highest BCUT2D eigenvalue weighted by atomic mass is 16.5. The molecule has 2 aromatic carbocycles. The molecule has 0 aliphatic heterocycles. The SMILES string of the molecule is COc1ccc(O)c(C(=O)NC(C)CCc2ccccc2)c1. The minimum Gasteiger partial charge on any atom is -0.507 e. The largest absolute Gasteiger partial charge is 0.507 e. The maximum absolute atomic E-state index is 12.2. The number of aryl methyl sites for hydroxylation is 1. The predicted octanol–water partition coefficient (Wildman–Crippen LogP) is 3.15. The topological polar surface area (TPSA) is 58.6 Å². The lowest BCUT2D eigenvalue weighted by Gasteiger charge is -2.15. The number of benzene rings is 2. The molecule has 2 aromatic rings. The van der Waals surface area contributed by atoms with Crippen molar-refractivity contribution in [1.29, 1.82) is 0 Å². The molecule has 0 aliphatic carbocycles. The van der Waals surface area contributed by atoms with Crippen molar-refractivity contribution in [3.63, 3.8) is 0 Å². The molecule has 22 heavy (non-hydrogen) atoms. The van der Waals surface area contributed by atoms with E-state index in [-0.39, 0.29) is 23.3 Å². The summed E-state index contributed by atoms with van der Waals surface area (Å²) in [5.74, 6) is 0.199. The van der Waals surface area contributed by atoms with E-state index < -0.39 is 0 Å². The van der Waals surface area contributed by atoms with Crippen LogP contribution in [0.4, 0.5) is 0 Å². The number of phenols is 1. The summed E-state index contributed by atoms with van der Waals surface area (Å²) in [5, 5.41) is 12.7. The molecule has 2 N–H and O–H groups in total. The highest BCUT2D eigenvalue weighted by Gasteiger charge is 2.14. The summed E-state index contributed by atoms with van der Waals surface area (Å²) < 4.78 is 5.08. The third-order valence-electron chi connectivity index (χ3n) is 3.53. The monoisotopic (exact) mass is 299 g/mol. The maximum Gasteiger partial charge on any atom is 0.255 e. The van der Waals surface area contributed by atoms with E-state index in [2.05, 4.69) is 17.4 Å². The van der Waals surface area contributed by atoms with Crippen LogP contribution in [0, 0.1) is 0 Å². The highest BCUT2D eigenvalue weighted by molar-refractivity contribution is 5.97. The predicted molar refractivity (Wildman–Crippen MR) is 86.4 cm³/mol. The Bertz CT molecular complexity index is 625. The smallest absolute Gasteiger partial charge is 0.255 e. The molecule has 0 bridgehead atoms. The van der Waals surface area contributed by atoms with E-state index in [1.165, 1.54) is 24.8 Å². The molecule has 0 heterocycles. The number of nitrogens with one attached hydrogen (secondary N) is 1. The minimum absolute atomic E-state index is 0.0123. The number of carbonyl (C=O) groups excluding carboxylic acids is 1. The van der Waals surface area contributed by atoms with Gasteiger partial charge in [-0.1, -0.05) is 30.3 Å². The van der Waals surface area contributed by atoms with Crippen LogP contribution in [-0.2, 0) is 6.42 Å². The van der Waals surface area contributed by atoms with Crippen LogP contribution in [0.2, 0.25) is 0 Å². The van der Waals surface area contributed by atoms with Crippen molar-refractivity contribution >= 4 is 5.91 Å². The molecule has 4 heteroatoms. The zero-order valence-corrected chi connectivity index (χ0v) is 12.9. The summed E-state index contributed by atoms with van der Waals surface area (Å²) in [6.45, 7) is 1.96. The van der Waals surface area contributed by atoms with E-state index >= 15 is 0 Å². The number of rotatable bonds is 6. The first-order valence-electron chi connectivity index (χ1n) is 7.32. The van der Waals surface area contributed by atoms with Gasteiger partial charge < -0.3 is 15.2 Å². The minimum atomic E-state index is -0.294. The Kier molecular flexibility index (Phi) is 5.42. The van der Waals surface area contributed by atoms with E-state index in [9.17, 15) is 9.90 Å². The summed E-state index contributed by atoms with van der Waals surface area (Å²) in [7, 11) is 1.52. The fourth-order valence-electron chi connectivity index (χ4n) is 2.23. The lowest BCUT2D eigenvalue weighted by molar-refractivity contribution is 0.0935. The van der Waals surface area contributed by atoms with Crippen molar-refractivity contribution in [2.45, 2.75) is 25.8 Å². The van der Waals surface area contributed by atoms with Crippen molar-refractivity contribution in [2.24, 2.45) is 0 Å². The first-order valence-corrected chi connectivity index (χ1v) is 7.32. The zero-order chi connectivity index (χ0) is 15.9. The summed E-state index contributed by atoms with van der Waals surface area (Å²) in [6, 6.07) is 14.8. The van der Waals surface area contributed by atoms with Crippen molar-refractivity contribution in [2.75, 3.05) is 7.11 Å². The van der Waals surface area contributed by atoms with Gasteiger partial charge in [-0.2, -0.15) is 0 Å². The molecule has 1 amide bonds. The molecule has 0 radical (unpaired) electrons. The van der Waals surface area contributed by atoms with Crippen LogP contribution in [0.3, 0.4) is 0 Å². The second-order valence-corrected chi connectivity index (χ2v) is 5.28. The number of hydrogen-bond donors (Lipinski definition) is 2. The molecule has 116 valence electrons. The number of methoxy groups -OCH3 is 1. The third kappa shape index (κ3) is 4.25. The number of aromatic hydroxyl groups is 1. The Balaban J connectivity index is 1.93. The quantitative estimate of drug-likeness (QED) is 0.861. The number of carbonyl (C=O) groups is 1. The van der Waals surface area contributed by atoms with Crippen LogP contribution in [0.15, 0.2) is 48.5 Å². The molecule has 4 nitrogen and oxygen atoms in total. The van der Waals surface area contributed by atoms with Gasteiger partial charge in [-0.25, -0.2) is 0 Å². The Labute approximate surface area is 130 Å². The van der Waals surface area contributed by atoms with Crippen LogP contribution in [-0.4, -0.2) is 24.2 Å². The lowest BCUT2D eigenvalue weighted by Crippen LogP contribution is -2.32. The Morgan fingerprint density at radius 2 is 1.95 bits per heavy atom. The molecule has 1 atom stereocenters. The van der Waals surface area contributed by atoms with Crippen molar-refractivity contribution < 1.29 is 14.6 Å². The molecule has 0 saturated carbocycles. The van der Waals surface area contributed by atoms with Gasteiger partial charge in [0.05, 0.1) is 12.7 Å². The van der Waals surface area contributed by atoms with Crippen LogP contribution in [0.1, 0.15) is 29.3 Å². The van der Waals surface area contributed by atoms with Gasteiger partial charge in [0.2, 0.25) is 0 Å². The molecule has 1 unspecified atom stereocenters. The fourth-order valence-corrected chi connectivity index (χ4v) is 2.23. The maximum atomic E-state index is 12.2. The molecular formula is C18H21NO3. The zero-order valence-electron chi connectivity index (χ0n) is 12.9. The summed E-state index contributed by atoms with van der Waals surface area (Å²) in [6.07, 6.45) is 1.73. The van der Waals surface area contributed by atoms with Gasteiger partial charge in [-0.05, 0) is 43.5 Å². The summed E-state index contributed by atoms with van der Waals surface area (Å²) in [5.41, 5.74) is 1.47. The highest BCUT2D eigenvalue weighted by Crippen LogP contribution is 2.22. The second kappa shape index (κ2) is 7.50. The van der Waals surface area contributed by atoms with Crippen molar-refractivity contribution in [1.82, 2.24) is 5.32 Å². The summed E-state index contributed by atoms with van der Waals surface area (Å²) in [4.78, 5) is 12.2. The van der Waals surface area contributed by atoms with Gasteiger partial charge in [-0.3, -0.25) is 4.79 Å². The van der Waals surface area contributed by atoms with Crippen molar-refractivity contribution in [3.8, 4) is 11.5 Å². The second-order valence-electron chi connectivity index (χ2n) is 5.28. The number of ether oxygens (including phenoxy) is 1. The summed E-state index contributed by atoms with van der Waals surface area (Å²) >= 11 is 0. The van der Waals surface area contributed by atoms with Gasteiger partial charge in [0.15, 0.2) is 0 Å². The molecule has 0 saturated heterocycles. The van der Waals surface area contributed by atoms with E-state index in [4.69, 9.17) is 4.74 Å². The molecule has 0 fully saturated rings. The standard InChI is InChI=1S/C18H21NO3/c1-13(8-9-14-6-4-3-5-7-14)19-18(21)16-12-15(22-2)10-11-17(16)20/h3-7,10-13,20H,8-9H2,1-2H3,(H,19,21). The number of phenolic OH excluding ortho intramolecular Hbond substituents is 1. The van der Waals surface area contributed by atoms with Crippen molar-refractivity contribution in [3.05, 3.63) is 59.7 Å². The molecule has 0 aliphatic rings. The molecule has 2 rings (SSSR count). The molecule has 0 aromatic heterocycles. The van der Waals surface area contributed by atoms with Crippen LogP contribution < -0.4 is 10.1 Å². The van der Waals surface area contributed by atoms with E-state index in [0.717, 1.165) is 12.8 Å². The Morgan fingerprint density at radius 3 is 2.64 bits per heavy atom. The van der Waals surface area contributed by atoms with Gasteiger partial charge in [0, 0.05) is 6.04 Å². The molecule has 0 spiro atoms. The van der Waals surface area contributed by atoms with Crippen LogP contribution >= 0.6 is 0 Å².